The first-order valence-electron chi connectivity index (χ1n) is 20.7. The second-order valence-electron chi connectivity index (χ2n) is 16.0. The number of benzene rings is 9. The summed E-state index contributed by atoms with van der Waals surface area (Å²) in [7, 11) is 0. The Balaban J connectivity index is 1.10. The lowest BCUT2D eigenvalue weighted by molar-refractivity contribution is 0.811. The topological polar surface area (TPSA) is 8.17 Å². The largest absolute Gasteiger partial charge is 0.310 e. The SMILES string of the molecule is c1ccc(-c2ccc(N(c3ccc4c(c3)c3ccccc3n4-c3ccccc3)c3cccc4c3-c3ccccc3C43c4ccccc4-c4c3sc3ccccc43)cc2)cc1. The smallest absolute Gasteiger partial charge is 0.0820 e. The van der Waals surface area contributed by atoms with Crippen molar-refractivity contribution in [3.05, 3.63) is 240 Å². The minimum atomic E-state index is -0.437. The molecular formula is C57H36N2S. The van der Waals surface area contributed by atoms with Crippen LogP contribution in [0, 0.1) is 0 Å². The van der Waals surface area contributed by atoms with Crippen molar-refractivity contribution < 1.29 is 0 Å². The van der Waals surface area contributed by atoms with Crippen molar-refractivity contribution in [2.45, 2.75) is 5.41 Å². The zero-order chi connectivity index (χ0) is 39.4. The van der Waals surface area contributed by atoms with Crippen LogP contribution in [0.5, 0.6) is 0 Å². The Morgan fingerprint density at radius 3 is 1.77 bits per heavy atom. The Hall–Kier alpha value is -7.46. The molecule has 0 aliphatic heterocycles. The molecule has 0 fully saturated rings. The van der Waals surface area contributed by atoms with Gasteiger partial charge in [-0.1, -0.05) is 158 Å². The Bertz CT molecular complexity index is 3490. The van der Waals surface area contributed by atoms with Crippen LogP contribution in [0.4, 0.5) is 17.1 Å². The summed E-state index contributed by atoms with van der Waals surface area (Å²) in [5.41, 5.74) is 18.3. The van der Waals surface area contributed by atoms with Crippen molar-refractivity contribution in [3.8, 4) is 39.1 Å². The quantitative estimate of drug-likeness (QED) is 0.169. The second kappa shape index (κ2) is 12.8. The fourth-order valence-corrected chi connectivity index (χ4v) is 12.0. The monoisotopic (exact) mass is 780 g/mol. The molecule has 0 amide bonds. The molecule has 1 unspecified atom stereocenters. The van der Waals surface area contributed by atoms with Gasteiger partial charge in [-0.3, -0.25) is 0 Å². The van der Waals surface area contributed by atoms with Crippen molar-refractivity contribution in [1.82, 2.24) is 4.57 Å². The summed E-state index contributed by atoms with van der Waals surface area (Å²) in [6.07, 6.45) is 0. The van der Waals surface area contributed by atoms with E-state index in [4.69, 9.17) is 0 Å². The third-order valence-corrected chi connectivity index (χ3v) is 14.3. The van der Waals surface area contributed by atoms with Crippen LogP contribution in [0.1, 0.15) is 21.6 Å². The van der Waals surface area contributed by atoms with Gasteiger partial charge in [0.2, 0.25) is 0 Å². The van der Waals surface area contributed by atoms with Gasteiger partial charge in [-0.05, 0) is 99.6 Å². The summed E-state index contributed by atoms with van der Waals surface area (Å²) >= 11 is 1.96. The molecule has 2 nitrogen and oxygen atoms in total. The summed E-state index contributed by atoms with van der Waals surface area (Å²) < 4.78 is 3.73. The van der Waals surface area contributed by atoms with Crippen molar-refractivity contribution in [3.63, 3.8) is 0 Å². The summed E-state index contributed by atoms with van der Waals surface area (Å²) in [5.74, 6) is 0. The number of nitrogens with zero attached hydrogens (tertiary/aromatic N) is 2. The van der Waals surface area contributed by atoms with Crippen molar-refractivity contribution >= 4 is 60.3 Å². The summed E-state index contributed by atoms with van der Waals surface area (Å²) in [5, 5.41) is 3.80. The zero-order valence-electron chi connectivity index (χ0n) is 32.6. The minimum absolute atomic E-state index is 0.437. The molecule has 60 heavy (non-hydrogen) atoms. The van der Waals surface area contributed by atoms with Gasteiger partial charge in [-0.2, -0.15) is 0 Å². The molecule has 280 valence electrons. The molecule has 13 rings (SSSR count). The predicted molar refractivity (Wildman–Crippen MR) is 253 cm³/mol. The zero-order valence-corrected chi connectivity index (χ0v) is 33.4. The highest BCUT2D eigenvalue weighted by atomic mass is 32.1. The van der Waals surface area contributed by atoms with E-state index in [0.717, 1.165) is 17.1 Å². The number of fused-ring (bicyclic) bond motifs is 15. The van der Waals surface area contributed by atoms with E-state index in [-0.39, 0.29) is 0 Å². The van der Waals surface area contributed by atoms with E-state index >= 15 is 0 Å². The molecule has 1 atom stereocenters. The Morgan fingerprint density at radius 1 is 0.400 bits per heavy atom. The third kappa shape index (κ3) is 4.53. The highest BCUT2D eigenvalue weighted by molar-refractivity contribution is 7.20. The van der Waals surface area contributed by atoms with Crippen LogP contribution in [-0.2, 0) is 5.41 Å². The van der Waals surface area contributed by atoms with E-state index in [1.54, 1.807) is 0 Å². The molecule has 1 spiro atoms. The van der Waals surface area contributed by atoms with Crippen LogP contribution < -0.4 is 4.90 Å². The average Bonchev–Trinajstić information content (AvgIpc) is 4.04. The van der Waals surface area contributed by atoms with Gasteiger partial charge in [0.05, 0.1) is 22.1 Å². The van der Waals surface area contributed by atoms with E-state index in [1.165, 1.54) is 92.5 Å². The molecule has 2 aromatic heterocycles. The maximum absolute atomic E-state index is 2.50. The standard InChI is InChI=1S/C57H36N2S/c1-3-16-37(17-4-1)38-30-32-40(33-31-38)58(41-34-35-51-46(36-41)42-20-9-13-27-50(42)59(51)39-18-5-2-6-19-39)52-28-15-26-49-55(52)44-22-8-12-25-48(44)57(49)47-24-11-7-21-43(47)54-45-23-10-14-29-53(45)60-56(54)57/h1-36H. The Kier molecular flexibility index (Phi) is 7.13. The Labute approximate surface area is 352 Å². The van der Waals surface area contributed by atoms with Gasteiger partial charge < -0.3 is 9.47 Å². The highest BCUT2D eigenvalue weighted by Gasteiger charge is 2.54. The molecule has 9 aromatic carbocycles. The van der Waals surface area contributed by atoms with Crippen LogP contribution in [0.2, 0.25) is 0 Å². The number of rotatable bonds is 5. The molecule has 2 aliphatic rings. The normalized spacial score (nSPS) is 14.7. The number of hydrogen-bond donors (Lipinski definition) is 0. The lowest BCUT2D eigenvalue weighted by Crippen LogP contribution is -2.25. The first kappa shape index (κ1) is 33.5. The second-order valence-corrected chi connectivity index (χ2v) is 17.0. The van der Waals surface area contributed by atoms with E-state index in [9.17, 15) is 0 Å². The number of thiophene rings is 1. The number of aromatic nitrogens is 1. The van der Waals surface area contributed by atoms with Gasteiger partial charge in [0, 0.05) is 53.9 Å². The third-order valence-electron chi connectivity index (χ3n) is 13.0. The fraction of sp³-hybridized carbons (Fsp3) is 0.0175. The Morgan fingerprint density at radius 2 is 0.983 bits per heavy atom. The van der Waals surface area contributed by atoms with Crippen molar-refractivity contribution in [2.75, 3.05) is 4.90 Å². The summed E-state index contributed by atoms with van der Waals surface area (Å²) in [6, 6.07) is 80.7. The number of anilines is 3. The number of hydrogen-bond acceptors (Lipinski definition) is 2. The van der Waals surface area contributed by atoms with Crippen LogP contribution >= 0.6 is 11.3 Å². The molecule has 3 heteroatoms. The van der Waals surface area contributed by atoms with Crippen LogP contribution in [0.3, 0.4) is 0 Å². The molecule has 0 bridgehead atoms. The van der Waals surface area contributed by atoms with E-state index in [0.29, 0.717) is 0 Å². The molecule has 0 N–H and O–H groups in total. The van der Waals surface area contributed by atoms with Gasteiger partial charge in [0.15, 0.2) is 0 Å². The molecule has 0 saturated carbocycles. The lowest BCUT2D eigenvalue weighted by atomic mass is 9.74. The van der Waals surface area contributed by atoms with Gasteiger partial charge in [0.25, 0.3) is 0 Å². The van der Waals surface area contributed by atoms with Crippen molar-refractivity contribution in [1.29, 1.82) is 0 Å². The van der Waals surface area contributed by atoms with Crippen LogP contribution in [0.15, 0.2) is 218 Å². The maximum atomic E-state index is 2.50. The van der Waals surface area contributed by atoms with Gasteiger partial charge in [-0.25, -0.2) is 0 Å². The van der Waals surface area contributed by atoms with Gasteiger partial charge in [0.1, 0.15) is 0 Å². The molecular weight excluding hydrogens is 745 g/mol. The molecule has 0 saturated heterocycles. The molecule has 11 aromatic rings. The summed E-state index contributed by atoms with van der Waals surface area (Å²) in [4.78, 5) is 3.92. The maximum Gasteiger partial charge on any atom is 0.0820 e. The lowest BCUT2D eigenvalue weighted by Gasteiger charge is -2.31. The summed E-state index contributed by atoms with van der Waals surface area (Å²) in [6.45, 7) is 0. The first-order chi connectivity index (χ1) is 29.8. The van der Waals surface area contributed by atoms with Gasteiger partial charge >= 0.3 is 0 Å². The first-order valence-corrected chi connectivity index (χ1v) is 21.5. The molecule has 2 heterocycles. The number of para-hydroxylation sites is 2. The van der Waals surface area contributed by atoms with E-state index in [1.807, 2.05) is 11.3 Å². The average molecular weight is 781 g/mol. The molecule has 2 aliphatic carbocycles. The minimum Gasteiger partial charge on any atom is -0.310 e. The van der Waals surface area contributed by atoms with Crippen molar-refractivity contribution in [2.24, 2.45) is 0 Å². The van der Waals surface area contributed by atoms with Crippen LogP contribution in [0.25, 0.3) is 71.0 Å². The molecule has 0 radical (unpaired) electrons. The highest BCUT2D eigenvalue weighted by Crippen LogP contribution is 2.67. The van der Waals surface area contributed by atoms with E-state index < -0.39 is 5.41 Å². The van der Waals surface area contributed by atoms with Crippen LogP contribution in [-0.4, -0.2) is 4.57 Å². The van der Waals surface area contributed by atoms with E-state index in [2.05, 4.69) is 228 Å². The van der Waals surface area contributed by atoms with Gasteiger partial charge in [-0.15, -0.1) is 11.3 Å². The predicted octanol–water partition coefficient (Wildman–Crippen LogP) is 15.5. The fourth-order valence-electron chi connectivity index (χ4n) is 10.6.